The molecule has 8 heteroatoms. The fourth-order valence-corrected chi connectivity index (χ4v) is 3.41. The highest BCUT2D eigenvalue weighted by molar-refractivity contribution is 7.15. The zero-order valence-corrected chi connectivity index (χ0v) is 16.4. The monoisotopic (exact) mass is 393 g/mol. The number of methoxy groups -OCH3 is 1. The molecule has 142 valence electrons. The molecule has 0 fully saturated rings. The molecule has 0 aliphatic heterocycles. The third-order valence-electron chi connectivity index (χ3n) is 3.94. The van der Waals surface area contributed by atoms with Gasteiger partial charge in [0.25, 0.3) is 5.91 Å². The number of aryl methyl sites for hydroxylation is 1. The molecule has 0 unspecified atom stereocenters. The Hall–Kier alpha value is -3.44. The van der Waals surface area contributed by atoms with Crippen LogP contribution >= 0.6 is 11.3 Å². The number of nitrogens with zero attached hydrogens (tertiary/aromatic N) is 4. The fourth-order valence-electron chi connectivity index (χ4n) is 2.57. The van der Waals surface area contributed by atoms with Crippen LogP contribution in [0.3, 0.4) is 0 Å². The largest absolute Gasteiger partial charge is 0.497 e. The maximum Gasteiger partial charge on any atom is 0.268 e. The molecular formula is C20H19N5O2S. The van der Waals surface area contributed by atoms with E-state index in [0.29, 0.717) is 10.8 Å². The predicted octanol–water partition coefficient (Wildman–Crippen LogP) is 3.84. The third kappa shape index (κ3) is 4.45. The maximum atomic E-state index is 12.5. The van der Waals surface area contributed by atoms with E-state index in [1.807, 2.05) is 60.2 Å². The Kier molecular flexibility index (Phi) is 6.19. The summed E-state index contributed by atoms with van der Waals surface area (Å²) in [5.41, 5.74) is 1.59. The molecule has 7 nitrogen and oxygen atoms in total. The highest BCUT2D eigenvalue weighted by Crippen LogP contribution is 2.20. The van der Waals surface area contributed by atoms with Crippen molar-refractivity contribution in [3.8, 4) is 17.5 Å². The number of nitriles is 1. The first-order valence-electron chi connectivity index (χ1n) is 8.72. The third-order valence-corrected chi connectivity index (χ3v) is 4.84. The van der Waals surface area contributed by atoms with Crippen LogP contribution in [0, 0.1) is 11.3 Å². The highest BCUT2D eigenvalue weighted by Gasteiger charge is 2.14. The molecule has 3 rings (SSSR count). The molecule has 0 aliphatic rings. The van der Waals surface area contributed by atoms with Crippen LogP contribution in [0.5, 0.6) is 5.75 Å². The molecule has 2 aromatic heterocycles. The van der Waals surface area contributed by atoms with Gasteiger partial charge in [0, 0.05) is 24.0 Å². The second-order valence-corrected chi connectivity index (χ2v) is 6.94. The summed E-state index contributed by atoms with van der Waals surface area (Å²) in [5.74, 6) is 0.244. The molecule has 0 aliphatic carbocycles. The van der Waals surface area contributed by atoms with Gasteiger partial charge in [0.1, 0.15) is 22.4 Å². The van der Waals surface area contributed by atoms with E-state index in [0.717, 1.165) is 29.3 Å². The summed E-state index contributed by atoms with van der Waals surface area (Å²) in [5, 5.41) is 21.3. The molecule has 0 bridgehead atoms. The first kappa shape index (κ1) is 19.3. The van der Waals surface area contributed by atoms with Gasteiger partial charge in [-0.1, -0.05) is 18.3 Å². The van der Waals surface area contributed by atoms with Crippen molar-refractivity contribution in [1.82, 2.24) is 14.8 Å². The van der Waals surface area contributed by atoms with Crippen LogP contribution in [0.25, 0.3) is 11.8 Å². The number of hydrogen-bond acceptors (Lipinski definition) is 6. The number of amides is 1. The van der Waals surface area contributed by atoms with E-state index in [4.69, 9.17) is 4.74 Å². The lowest BCUT2D eigenvalue weighted by atomic mass is 10.2. The van der Waals surface area contributed by atoms with Crippen LogP contribution in [0.2, 0.25) is 0 Å². The molecule has 0 radical (unpaired) electrons. The maximum absolute atomic E-state index is 12.5. The van der Waals surface area contributed by atoms with Gasteiger partial charge in [0.15, 0.2) is 0 Å². The van der Waals surface area contributed by atoms with E-state index in [1.54, 1.807) is 13.2 Å². The lowest BCUT2D eigenvalue weighted by Crippen LogP contribution is -2.13. The van der Waals surface area contributed by atoms with Crippen molar-refractivity contribution in [1.29, 1.82) is 5.26 Å². The topological polar surface area (TPSA) is 92.8 Å². The number of rotatable bonds is 7. The minimum Gasteiger partial charge on any atom is -0.497 e. The number of nitrogens with one attached hydrogen (secondary N) is 1. The quantitative estimate of drug-likeness (QED) is 0.486. The molecule has 1 amide bonds. The Balaban J connectivity index is 1.81. The van der Waals surface area contributed by atoms with Gasteiger partial charge in [-0.3, -0.25) is 10.1 Å². The van der Waals surface area contributed by atoms with E-state index < -0.39 is 5.91 Å². The Morgan fingerprint density at radius 2 is 2.11 bits per heavy atom. The minimum atomic E-state index is -0.510. The fraction of sp³-hybridized carbons (Fsp3) is 0.200. The van der Waals surface area contributed by atoms with Crippen LogP contribution in [-0.4, -0.2) is 27.8 Å². The van der Waals surface area contributed by atoms with Gasteiger partial charge in [-0.2, -0.15) is 5.26 Å². The predicted molar refractivity (Wildman–Crippen MR) is 108 cm³/mol. The molecular weight excluding hydrogens is 374 g/mol. The second-order valence-electron chi connectivity index (χ2n) is 5.88. The number of aromatic nitrogens is 3. The average Bonchev–Trinajstić information content (AvgIpc) is 3.35. The Bertz CT molecular complexity index is 1030. The van der Waals surface area contributed by atoms with Gasteiger partial charge in [-0.15, -0.1) is 10.2 Å². The van der Waals surface area contributed by atoms with Gasteiger partial charge in [-0.25, -0.2) is 0 Å². The van der Waals surface area contributed by atoms with E-state index in [-0.39, 0.29) is 5.57 Å². The zero-order chi connectivity index (χ0) is 19.9. The number of anilines is 1. The van der Waals surface area contributed by atoms with Gasteiger partial charge in [-0.05, 0) is 48.9 Å². The van der Waals surface area contributed by atoms with Crippen LogP contribution < -0.4 is 10.1 Å². The Labute approximate surface area is 166 Å². The van der Waals surface area contributed by atoms with E-state index in [2.05, 4.69) is 15.5 Å². The summed E-state index contributed by atoms with van der Waals surface area (Å²) in [4.78, 5) is 12.5. The zero-order valence-electron chi connectivity index (χ0n) is 15.5. The Morgan fingerprint density at radius 1 is 1.32 bits per heavy atom. The molecule has 1 N–H and O–H groups in total. The van der Waals surface area contributed by atoms with Gasteiger partial charge in [0.05, 0.1) is 7.11 Å². The normalized spacial score (nSPS) is 11.1. The number of ether oxygens (including phenoxy) is 1. The number of carbonyl (C=O) groups excluding carboxylic acids is 1. The molecule has 28 heavy (non-hydrogen) atoms. The number of hydrogen-bond donors (Lipinski definition) is 1. The number of carbonyl (C=O) groups is 1. The first-order chi connectivity index (χ1) is 13.6. The van der Waals surface area contributed by atoms with Crippen molar-refractivity contribution in [3.05, 3.63) is 58.9 Å². The standard InChI is InChI=1S/C20H19N5O2S/c1-3-5-18-23-24-20(28-18)22-19(26)14(13-21)12-16-6-4-11-25(16)15-7-9-17(27-2)10-8-15/h4,6-12H,3,5H2,1-2H3,(H,22,24,26). The van der Waals surface area contributed by atoms with Crippen molar-refractivity contribution < 1.29 is 9.53 Å². The van der Waals surface area contributed by atoms with E-state index in [1.165, 1.54) is 11.3 Å². The summed E-state index contributed by atoms with van der Waals surface area (Å²) < 4.78 is 7.06. The molecule has 0 saturated carbocycles. The second kappa shape index (κ2) is 8.97. The summed E-state index contributed by atoms with van der Waals surface area (Å²) in [6.45, 7) is 2.05. The SMILES string of the molecule is CCCc1nnc(NC(=O)C(C#N)=Cc2cccn2-c2ccc(OC)cc2)s1. The molecule has 0 saturated heterocycles. The van der Waals surface area contributed by atoms with E-state index >= 15 is 0 Å². The van der Waals surface area contributed by atoms with Crippen molar-refractivity contribution in [2.45, 2.75) is 19.8 Å². The summed E-state index contributed by atoms with van der Waals surface area (Å²) in [6.07, 6.45) is 5.17. The Morgan fingerprint density at radius 3 is 2.79 bits per heavy atom. The van der Waals surface area contributed by atoms with Crippen molar-refractivity contribution in [3.63, 3.8) is 0 Å². The molecule has 2 heterocycles. The van der Waals surface area contributed by atoms with E-state index in [9.17, 15) is 10.1 Å². The van der Waals surface area contributed by atoms with Gasteiger partial charge in [0.2, 0.25) is 5.13 Å². The molecule has 0 spiro atoms. The van der Waals surface area contributed by atoms with Crippen LogP contribution in [0.1, 0.15) is 24.0 Å². The summed E-state index contributed by atoms with van der Waals surface area (Å²) >= 11 is 1.32. The van der Waals surface area contributed by atoms with Gasteiger partial charge >= 0.3 is 0 Å². The summed E-state index contributed by atoms with van der Waals surface area (Å²) in [6, 6.07) is 13.2. The lowest BCUT2D eigenvalue weighted by Gasteiger charge is -2.08. The average molecular weight is 393 g/mol. The van der Waals surface area contributed by atoms with Crippen LogP contribution in [0.4, 0.5) is 5.13 Å². The van der Waals surface area contributed by atoms with Crippen molar-refractivity contribution in [2.24, 2.45) is 0 Å². The van der Waals surface area contributed by atoms with Crippen LogP contribution in [-0.2, 0) is 11.2 Å². The number of benzene rings is 1. The summed E-state index contributed by atoms with van der Waals surface area (Å²) in [7, 11) is 1.61. The van der Waals surface area contributed by atoms with Crippen molar-refractivity contribution in [2.75, 3.05) is 12.4 Å². The highest BCUT2D eigenvalue weighted by atomic mass is 32.1. The molecule has 0 atom stereocenters. The van der Waals surface area contributed by atoms with Crippen molar-refractivity contribution >= 4 is 28.5 Å². The molecule has 1 aromatic carbocycles. The smallest absolute Gasteiger partial charge is 0.268 e. The minimum absolute atomic E-state index is 0.0132. The molecule has 3 aromatic rings. The van der Waals surface area contributed by atoms with Crippen LogP contribution in [0.15, 0.2) is 48.2 Å². The lowest BCUT2D eigenvalue weighted by molar-refractivity contribution is -0.112. The first-order valence-corrected chi connectivity index (χ1v) is 9.53. The van der Waals surface area contributed by atoms with Gasteiger partial charge < -0.3 is 9.30 Å².